The molecule has 0 spiro atoms. The molecule has 104 valence electrons. The number of hydrogen-bond donors (Lipinski definition) is 2. The molecule has 0 radical (unpaired) electrons. The number of hydrogen-bond acceptors (Lipinski definition) is 2. The standard InChI is InChI=1S/C15H21ClN2O/c1-10(2)18-14(19)9-17-15(11-3-4-11)12-5-7-13(16)8-6-12/h5-8,10-11,15,17H,3-4,9H2,1-2H3,(H,18,19). The summed E-state index contributed by atoms with van der Waals surface area (Å²) in [5, 5.41) is 7.01. The normalized spacial score (nSPS) is 16.4. The van der Waals surface area contributed by atoms with Crippen LogP contribution in [-0.4, -0.2) is 18.5 Å². The summed E-state index contributed by atoms with van der Waals surface area (Å²) in [4.78, 5) is 11.7. The SMILES string of the molecule is CC(C)NC(=O)CNC(c1ccc(Cl)cc1)C1CC1. The second-order valence-corrected chi connectivity index (χ2v) is 5.91. The average Bonchev–Trinajstić information content (AvgIpc) is 3.15. The lowest BCUT2D eigenvalue weighted by Gasteiger charge is -2.19. The van der Waals surface area contributed by atoms with Crippen molar-refractivity contribution < 1.29 is 4.79 Å². The van der Waals surface area contributed by atoms with E-state index in [1.165, 1.54) is 18.4 Å². The quantitative estimate of drug-likeness (QED) is 0.841. The molecule has 1 aromatic carbocycles. The van der Waals surface area contributed by atoms with Crippen LogP contribution in [0.3, 0.4) is 0 Å². The van der Waals surface area contributed by atoms with E-state index >= 15 is 0 Å². The molecule has 0 aliphatic heterocycles. The molecule has 1 aromatic rings. The van der Waals surface area contributed by atoms with E-state index in [0.29, 0.717) is 12.5 Å². The van der Waals surface area contributed by atoms with Crippen LogP contribution in [-0.2, 0) is 4.79 Å². The highest BCUT2D eigenvalue weighted by Crippen LogP contribution is 2.41. The Hall–Kier alpha value is -1.06. The molecule has 3 nitrogen and oxygen atoms in total. The third-order valence-corrected chi connectivity index (χ3v) is 3.51. The second-order valence-electron chi connectivity index (χ2n) is 5.47. The molecule has 2 N–H and O–H groups in total. The summed E-state index contributed by atoms with van der Waals surface area (Å²) in [7, 11) is 0. The summed E-state index contributed by atoms with van der Waals surface area (Å²) < 4.78 is 0. The van der Waals surface area contributed by atoms with Gasteiger partial charge in [0.1, 0.15) is 0 Å². The first-order chi connectivity index (χ1) is 9.06. The number of carbonyl (C=O) groups is 1. The number of benzene rings is 1. The van der Waals surface area contributed by atoms with E-state index in [4.69, 9.17) is 11.6 Å². The molecular formula is C15H21ClN2O. The molecule has 19 heavy (non-hydrogen) atoms. The molecular weight excluding hydrogens is 260 g/mol. The summed E-state index contributed by atoms with van der Waals surface area (Å²) in [6.45, 7) is 4.30. The molecule has 1 atom stereocenters. The van der Waals surface area contributed by atoms with Crippen LogP contribution in [0.1, 0.15) is 38.3 Å². The third kappa shape index (κ3) is 4.51. The lowest BCUT2D eigenvalue weighted by molar-refractivity contribution is -0.120. The minimum Gasteiger partial charge on any atom is -0.353 e. The van der Waals surface area contributed by atoms with E-state index in [1.54, 1.807) is 0 Å². The smallest absolute Gasteiger partial charge is 0.234 e. The van der Waals surface area contributed by atoms with Crippen molar-refractivity contribution in [3.05, 3.63) is 34.9 Å². The molecule has 0 aromatic heterocycles. The van der Waals surface area contributed by atoms with Gasteiger partial charge in [-0.05, 0) is 50.3 Å². The Kier molecular flexibility index (Phi) is 4.83. The number of nitrogens with one attached hydrogen (secondary N) is 2. The average molecular weight is 281 g/mol. The monoisotopic (exact) mass is 280 g/mol. The lowest BCUT2D eigenvalue weighted by Crippen LogP contribution is -2.39. The summed E-state index contributed by atoms with van der Waals surface area (Å²) in [6.07, 6.45) is 2.46. The molecule has 1 saturated carbocycles. The van der Waals surface area contributed by atoms with E-state index < -0.39 is 0 Å². The highest BCUT2D eigenvalue weighted by Gasteiger charge is 2.32. The molecule has 1 aliphatic rings. The third-order valence-electron chi connectivity index (χ3n) is 3.25. The Morgan fingerprint density at radius 1 is 1.32 bits per heavy atom. The fourth-order valence-electron chi connectivity index (χ4n) is 2.23. The van der Waals surface area contributed by atoms with Crippen molar-refractivity contribution in [3.63, 3.8) is 0 Å². The van der Waals surface area contributed by atoms with E-state index in [-0.39, 0.29) is 18.0 Å². The Balaban J connectivity index is 1.93. The molecule has 1 amide bonds. The van der Waals surface area contributed by atoms with Crippen LogP contribution in [0.2, 0.25) is 5.02 Å². The topological polar surface area (TPSA) is 41.1 Å². The van der Waals surface area contributed by atoms with Crippen LogP contribution >= 0.6 is 11.6 Å². The van der Waals surface area contributed by atoms with Crippen molar-refractivity contribution in [1.29, 1.82) is 0 Å². The number of amides is 1. The van der Waals surface area contributed by atoms with Gasteiger partial charge in [-0.3, -0.25) is 4.79 Å². The largest absolute Gasteiger partial charge is 0.353 e. The maximum Gasteiger partial charge on any atom is 0.234 e. The van der Waals surface area contributed by atoms with E-state index in [2.05, 4.69) is 10.6 Å². The zero-order valence-electron chi connectivity index (χ0n) is 11.4. The summed E-state index contributed by atoms with van der Waals surface area (Å²) in [5.41, 5.74) is 1.21. The van der Waals surface area contributed by atoms with Gasteiger partial charge in [0.15, 0.2) is 0 Å². The van der Waals surface area contributed by atoms with Gasteiger partial charge in [0.2, 0.25) is 5.91 Å². The van der Waals surface area contributed by atoms with Crippen LogP contribution in [0.5, 0.6) is 0 Å². The summed E-state index contributed by atoms with van der Waals surface area (Å²) in [5.74, 6) is 0.697. The van der Waals surface area contributed by atoms with Crippen molar-refractivity contribution in [1.82, 2.24) is 10.6 Å². The van der Waals surface area contributed by atoms with Crippen LogP contribution in [0.15, 0.2) is 24.3 Å². The van der Waals surface area contributed by atoms with Gasteiger partial charge in [0.05, 0.1) is 6.54 Å². The van der Waals surface area contributed by atoms with Gasteiger partial charge < -0.3 is 10.6 Å². The van der Waals surface area contributed by atoms with Gasteiger partial charge in [0, 0.05) is 17.1 Å². The maximum atomic E-state index is 11.7. The van der Waals surface area contributed by atoms with Gasteiger partial charge >= 0.3 is 0 Å². The maximum absolute atomic E-state index is 11.7. The van der Waals surface area contributed by atoms with Crippen molar-refractivity contribution >= 4 is 17.5 Å². The van der Waals surface area contributed by atoms with Crippen LogP contribution < -0.4 is 10.6 Å². The first-order valence-electron chi connectivity index (χ1n) is 6.84. The zero-order valence-corrected chi connectivity index (χ0v) is 12.2. The fraction of sp³-hybridized carbons (Fsp3) is 0.533. The second kappa shape index (κ2) is 6.40. The predicted octanol–water partition coefficient (Wildman–Crippen LogP) is 2.91. The Morgan fingerprint density at radius 3 is 2.47 bits per heavy atom. The minimum atomic E-state index is 0.0506. The predicted molar refractivity (Wildman–Crippen MR) is 78.2 cm³/mol. The molecule has 1 aliphatic carbocycles. The summed E-state index contributed by atoms with van der Waals surface area (Å²) >= 11 is 5.91. The van der Waals surface area contributed by atoms with Crippen molar-refractivity contribution in [3.8, 4) is 0 Å². The molecule has 1 unspecified atom stereocenters. The zero-order chi connectivity index (χ0) is 13.8. The molecule has 0 saturated heterocycles. The van der Waals surface area contributed by atoms with Gasteiger partial charge in [0.25, 0.3) is 0 Å². The van der Waals surface area contributed by atoms with Gasteiger partial charge in [-0.1, -0.05) is 23.7 Å². The first-order valence-corrected chi connectivity index (χ1v) is 7.22. The molecule has 4 heteroatoms. The molecule has 0 bridgehead atoms. The Bertz CT molecular complexity index is 426. The van der Waals surface area contributed by atoms with E-state index in [1.807, 2.05) is 38.1 Å². The van der Waals surface area contributed by atoms with Gasteiger partial charge in [-0.15, -0.1) is 0 Å². The Labute approximate surface area is 119 Å². The minimum absolute atomic E-state index is 0.0506. The molecule has 1 fully saturated rings. The van der Waals surface area contributed by atoms with Crippen LogP contribution in [0, 0.1) is 5.92 Å². The lowest BCUT2D eigenvalue weighted by atomic mass is 10.0. The summed E-state index contributed by atoms with van der Waals surface area (Å²) in [6, 6.07) is 8.33. The fourth-order valence-corrected chi connectivity index (χ4v) is 2.36. The van der Waals surface area contributed by atoms with Gasteiger partial charge in [-0.25, -0.2) is 0 Å². The van der Waals surface area contributed by atoms with Crippen LogP contribution in [0.4, 0.5) is 0 Å². The van der Waals surface area contributed by atoms with Crippen molar-refractivity contribution in [2.24, 2.45) is 5.92 Å². The van der Waals surface area contributed by atoms with E-state index in [9.17, 15) is 4.79 Å². The number of rotatable bonds is 6. The highest BCUT2D eigenvalue weighted by molar-refractivity contribution is 6.30. The number of halogens is 1. The van der Waals surface area contributed by atoms with E-state index in [0.717, 1.165) is 5.02 Å². The Morgan fingerprint density at radius 2 is 1.95 bits per heavy atom. The highest BCUT2D eigenvalue weighted by atomic mass is 35.5. The van der Waals surface area contributed by atoms with Crippen molar-refractivity contribution in [2.45, 2.75) is 38.8 Å². The van der Waals surface area contributed by atoms with Crippen LogP contribution in [0.25, 0.3) is 0 Å². The first kappa shape index (κ1) is 14.4. The van der Waals surface area contributed by atoms with Gasteiger partial charge in [-0.2, -0.15) is 0 Å². The van der Waals surface area contributed by atoms with Crippen molar-refractivity contribution in [2.75, 3.05) is 6.54 Å². The molecule has 0 heterocycles. The number of carbonyl (C=O) groups excluding carboxylic acids is 1. The molecule has 2 rings (SSSR count).